The smallest absolute Gasteiger partial charge is 0.243 e. The van der Waals surface area contributed by atoms with Crippen LogP contribution < -0.4 is 21.7 Å². The molecule has 1 saturated heterocycles. The van der Waals surface area contributed by atoms with E-state index in [1.54, 1.807) is 0 Å². The van der Waals surface area contributed by atoms with Crippen molar-refractivity contribution in [3.63, 3.8) is 0 Å². The predicted octanol–water partition coefficient (Wildman–Crippen LogP) is 0.197. The van der Waals surface area contributed by atoms with E-state index >= 15 is 0 Å². The van der Waals surface area contributed by atoms with Gasteiger partial charge in [0.15, 0.2) is 0 Å². The molecule has 0 unspecified atom stereocenters. The maximum atomic E-state index is 12.9. The van der Waals surface area contributed by atoms with E-state index in [4.69, 9.17) is 5.73 Å². The van der Waals surface area contributed by atoms with Gasteiger partial charge < -0.3 is 21.7 Å². The van der Waals surface area contributed by atoms with E-state index in [0.717, 1.165) is 13.0 Å². The van der Waals surface area contributed by atoms with E-state index in [-0.39, 0.29) is 36.1 Å². The van der Waals surface area contributed by atoms with Crippen LogP contribution in [0.25, 0.3) is 0 Å². The zero-order valence-corrected chi connectivity index (χ0v) is 16.0. The monoisotopic (exact) mass is 374 g/mol. The fourth-order valence-corrected chi connectivity index (χ4v) is 3.45. The van der Waals surface area contributed by atoms with Crippen molar-refractivity contribution >= 4 is 17.7 Å². The molecule has 27 heavy (non-hydrogen) atoms. The molecule has 1 aromatic carbocycles. The SMILES string of the molecule is CC(C)C[C@H](NC(=O)[C@@H]1CNC[C@@H]1Cc1ccccc1)C(=O)NCC(N)=O. The molecule has 1 fully saturated rings. The summed E-state index contributed by atoms with van der Waals surface area (Å²) in [5.41, 5.74) is 6.28. The Bertz CT molecular complexity index is 648. The molecular formula is C20H30N4O3. The number of amides is 3. The summed E-state index contributed by atoms with van der Waals surface area (Å²) in [5.74, 6) is -0.899. The van der Waals surface area contributed by atoms with E-state index < -0.39 is 11.9 Å². The summed E-state index contributed by atoms with van der Waals surface area (Å²) < 4.78 is 0. The fourth-order valence-electron chi connectivity index (χ4n) is 3.45. The Morgan fingerprint density at radius 1 is 1.19 bits per heavy atom. The average molecular weight is 374 g/mol. The predicted molar refractivity (Wildman–Crippen MR) is 104 cm³/mol. The number of primary amides is 1. The number of hydrogen-bond acceptors (Lipinski definition) is 4. The number of rotatable bonds is 9. The highest BCUT2D eigenvalue weighted by Gasteiger charge is 2.35. The molecule has 0 spiro atoms. The van der Waals surface area contributed by atoms with Gasteiger partial charge in [0.05, 0.1) is 12.5 Å². The molecule has 5 N–H and O–H groups in total. The van der Waals surface area contributed by atoms with Crippen LogP contribution >= 0.6 is 0 Å². The van der Waals surface area contributed by atoms with Crippen molar-refractivity contribution in [3.05, 3.63) is 35.9 Å². The summed E-state index contributed by atoms with van der Waals surface area (Å²) in [6.45, 7) is 5.10. The van der Waals surface area contributed by atoms with Crippen LogP contribution in [-0.2, 0) is 20.8 Å². The molecule has 0 aliphatic carbocycles. The average Bonchev–Trinajstić information content (AvgIpc) is 3.07. The summed E-state index contributed by atoms with van der Waals surface area (Å²) in [7, 11) is 0. The van der Waals surface area contributed by atoms with Crippen molar-refractivity contribution < 1.29 is 14.4 Å². The molecule has 0 aromatic heterocycles. The van der Waals surface area contributed by atoms with Crippen LogP contribution in [0.3, 0.4) is 0 Å². The maximum absolute atomic E-state index is 12.9. The van der Waals surface area contributed by atoms with Crippen LogP contribution in [0, 0.1) is 17.8 Å². The van der Waals surface area contributed by atoms with Gasteiger partial charge in [-0.05, 0) is 36.8 Å². The molecule has 0 saturated carbocycles. The van der Waals surface area contributed by atoms with Crippen LogP contribution in [0.2, 0.25) is 0 Å². The topological polar surface area (TPSA) is 113 Å². The van der Waals surface area contributed by atoms with Crippen molar-refractivity contribution in [2.24, 2.45) is 23.5 Å². The zero-order valence-electron chi connectivity index (χ0n) is 16.0. The Hall–Kier alpha value is -2.41. The minimum Gasteiger partial charge on any atom is -0.368 e. The molecule has 2 rings (SSSR count). The Morgan fingerprint density at radius 3 is 2.52 bits per heavy atom. The summed E-state index contributed by atoms with van der Waals surface area (Å²) in [6.07, 6.45) is 1.31. The zero-order chi connectivity index (χ0) is 19.8. The summed E-state index contributed by atoms with van der Waals surface area (Å²) >= 11 is 0. The summed E-state index contributed by atoms with van der Waals surface area (Å²) in [5, 5.41) is 8.66. The number of benzene rings is 1. The van der Waals surface area contributed by atoms with Gasteiger partial charge in [0.1, 0.15) is 6.04 Å². The van der Waals surface area contributed by atoms with Gasteiger partial charge in [-0.2, -0.15) is 0 Å². The molecule has 148 valence electrons. The van der Waals surface area contributed by atoms with Crippen LogP contribution in [0.15, 0.2) is 30.3 Å². The normalized spacial score (nSPS) is 20.3. The first-order valence-electron chi connectivity index (χ1n) is 9.47. The third-order valence-corrected chi connectivity index (χ3v) is 4.79. The van der Waals surface area contributed by atoms with Gasteiger partial charge >= 0.3 is 0 Å². The summed E-state index contributed by atoms with van der Waals surface area (Å²) in [4.78, 5) is 36.1. The van der Waals surface area contributed by atoms with E-state index in [9.17, 15) is 14.4 Å². The Kier molecular flexibility index (Phi) is 7.79. The quantitative estimate of drug-likeness (QED) is 0.494. The molecule has 0 bridgehead atoms. The number of nitrogens with one attached hydrogen (secondary N) is 3. The molecule has 3 amide bonds. The number of nitrogens with two attached hydrogens (primary N) is 1. The highest BCUT2D eigenvalue weighted by molar-refractivity contribution is 5.91. The molecule has 0 radical (unpaired) electrons. The second-order valence-corrected chi connectivity index (χ2v) is 7.59. The van der Waals surface area contributed by atoms with Crippen LogP contribution in [0.1, 0.15) is 25.8 Å². The van der Waals surface area contributed by atoms with E-state index in [1.165, 1.54) is 5.56 Å². The van der Waals surface area contributed by atoms with Crippen molar-refractivity contribution in [1.82, 2.24) is 16.0 Å². The second-order valence-electron chi connectivity index (χ2n) is 7.59. The van der Waals surface area contributed by atoms with Crippen molar-refractivity contribution in [2.45, 2.75) is 32.7 Å². The lowest BCUT2D eigenvalue weighted by Crippen LogP contribution is -2.51. The van der Waals surface area contributed by atoms with Gasteiger partial charge in [-0.1, -0.05) is 44.2 Å². The first-order valence-corrected chi connectivity index (χ1v) is 9.47. The minimum atomic E-state index is -0.671. The first kappa shape index (κ1) is 20.9. The van der Waals surface area contributed by atoms with Gasteiger partial charge in [-0.25, -0.2) is 0 Å². The number of hydrogen-bond donors (Lipinski definition) is 4. The van der Waals surface area contributed by atoms with Gasteiger partial charge in [0.25, 0.3) is 0 Å². The molecule has 7 nitrogen and oxygen atoms in total. The Balaban J connectivity index is 1.99. The van der Waals surface area contributed by atoms with Crippen molar-refractivity contribution in [2.75, 3.05) is 19.6 Å². The molecule has 1 aliphatic heterocycles. The minimum absolute atomic E-state index is 0.124. The van der Waals surface area contributed by atoms with Crippen molar-refractivity contribution in [1.29, 1.82) is 0 Å². The lowest BCUT2D eigenvalue weighted by Gasteiger charge is -2.24. The number of carbonyl (C=O) groups is 3. The molecular weight excluding hydrogens is 344 g/mol. The van der Waals surface area contributed by atoms with E-state index in [1.807, 2.05) is 32.0 Å². The third-order valence-electron chi connectivity index (χ3n) is 4.79. The summed E-state index contributed by atoms with van der Waals surface area (Å²) in [6, 6.07) is 9.41. The van der Waals surface area contributed by atoms with Gasteiger partial charge in [0.2, 0.25) is 17.7 Å². The van der Waals surface area contributed by atoms with Gasteiger partial charge in [-0.3, -0.25) is 14.4 Å². The molecule has 3 atom stereocenters. The highest BCUT2D eigenvalue weighted by Crippen LogP contribution is 2.22. The first-order chi connectivity index (χ1) is 12.9. The van der Waals surface area contributed by atoms with E-state index in [2.05, 4.69) is 28.1 Å². The molecule has 1 heterocycles. The van der Waals surface area contributed by atoms with Crippen molar-refractivity contribution in [3.8, 4) is 0 Å². The van der Waals surface area contributed by atoms with E-state index in [0.29, 0.717) is 13.0 Å². The third kappa shape index (κ3) is 6.67. The lowest BCUT2D eigenvalue weighted by atomic mass is 9.88. The lowest BCUT2D eigenvalue weighted by molar-refractivity contribution is -0.132. The maximum Gasteiger partial charge on any atom is 0.243 e. The standard InChI is InChI=1S/C20H30N4O3/c1-13(2)8-17(20(27)23-12-18(21)25)24-19(26)16-11-22-10-15(16)9-14-6-4-3-5-7-14/h3-7,13,15-17,22H,8-12H2,1-2H3,(H2,21,25)(H,23,27)(H,24,26)/t15-,16+,17-/m0/s1. The molecule has 7 heteroatoms. The van der Waals surface area contributed by atoms with Gasteiger partial charge in [0, 0.05) is 6.54 Å². The number of carbonyl (C=O) groups excluding carboxylic acids is 3. The van der Waals surface area contributed by atoms with Crippen LogP contribution in [-0.4, -0.2) is 43.4 Å². The van der Waals surface area contributed by atoms with Gasteiger partial charge in [-0.15, -0.1) is 0 Å². The Morgan fingerprint density at radius 2 is 1.89 bits per heavy atom. The largest absolute Gasteiger partial charge is 0.368 e. The Labute approximate surface area is 160 Å². The second kappa shape index (κ2) is 10.1. The highest BCUT2D eigenvalue weighted by atomic mass is 16.2. The fraction of sp³-hybridized carbons (Fsp3) is 0.550. The molecule has 1 aromatic rings. The van der Waals surface area contributed by atoms with Crippen LogP contribution in [0.4, 0.5) is 0 Å². The molecule has 1 aliphatic rings. The van der Waals surface area contributed by atoms with Crippen LogP contribution in [0.5, 0.6) is 0 Å².